The molecule has 3 rings (SSSR count). The number of carbonyl (C=O) groups excluding carboxylic acids is 2. The molecule has 0 aliphatic carbocycles. The van der Waals surface area contributed by atoms with E-state index in [-0.39, 0.29) is 18.6 Å². The van der Waals surface area contributed by atoms with Gasteiger partial charge in [0, 0.05) is 32.6 Å². The van der Waals surface area contributed by atoms with Crippen molar-refractivity contribution in [3.05, 3.63) is 23.8 Å². The maximum absolute atomic E-state index is 12.5. The second-order valence-corrected chi connectivity index (χ2v) is 5.83. The maximum atomic E-state index is 12.5. The van der Waals surface area contributed by atoms with Gasteiger partial charge >= 0.3 is 0 Å². The minimum atomic E-state index is 0.0923. The van der Waals surface area contributed by atoms with Gasteiger partial charge in [0.05, 0.1) is 6.42 Å². The first-order chi connectivity index (χ1) is 11.2. The molecule has 0 bridgehead atoms. The van der Waals surface area contributed by atoms with Crippen LogP contribution in [0.2, 0.25) is 0 Å². The van der Waals surface area contributed by atoms with Crippen LogP contribution in [-0.4, -0.2) is 54.6 Å². The molecule has 0 N–H and O–H groups in total. The third kappa shape index (κ3) is 3.57. The molecule has 0 unspecified atom stereocenters. The van der Waals surface area contributed by atoms with E-state index in [4.69, 9.17) is 9.47 Å². The fourth-order valence-corrected chi connectivity index (χ4v) is 2.98. The molecule has 1 fully saturated rings. The van der Waals surface area contributed by atoms with E-state index in [0.717, 1.165) is 24.3 Å². The van der Waals surface area contributed by atoms with Crippen LogP contribution in [-0.2, 0) is 16.0 Å². The van der Waals surface area contributed by atoms with Crippen LogP contribution in [0.3, 0.4) is 0 Å². The van der Waals surface area contributed by atoms with Crippen molar-refractivity contribution in [2.75, 3.05) is 33.0 Å². The summed E-state index contributed by atoms with van der Waals surface area (Å²) in [6.07, 6.45) is 1.70. The van der Waals surface area contributed by atoms with Crippen LogP contribution in [0.4, 0.5) is 0 Å². The number of amides is 2. The first kappa shape index (κ1) is 15.6. The normalized spacial score (nSPS) is 17.1. The Balaban J connectivity index is 1.59. The topological polar surface area (TPSA) is 59.1 Å². The zero-order chi connectivity index (χ0) is 16.2. The SMILES string of the molecule is CCC(=O)N1CCCN(C(=O)Cc2ccc3c(c2)OCO3)CC1. The van der Waals surface area contributed by atoms with Crippen molar-refractivity contribution in [3.63, 3.8) is 0 Å². The van der Waals surface area contributed by atoms with Crippen LogP contribution in [0.15, 0.2) is 18.2 Å². The van der Waals surface area contributed by atoms with Gasteiger partial charge in [-0.25, -0.2) is 0 Å². The molecule has 0 spiro atoms. The number of fused-ring (bicyclic) bond motifs is 1. The summed E-state index contributed by atoms with van der Waals surface area (Å²) in [7, 11) is 0. The molecule has 6 nitrogen and oxygen atoms in total. The van der Waals surface area contributed by atoms with E-state index in [1.54, 1.807) is 0 Å². The van der Waals surface area contributed by atoms with E-state index >= 15 is 0 Å². The Morgan fingerprint density at radius 3 is 2.43 bits per heavy atom. The van der Waals surface area contributed by atoms with Crippen molar-refractivity contribution in [2.24, 2.45) is 0 Å². The minimum Gasteiger partial charge on any atom is -0.454 e. The summed E-state index contributed by atoms with van der Waals surface area (Å²) in [5.41, 5.74) is 0.921. The van der Waals surface area contributed by atoms with Gasteiger partial charge in [0.15, 0.2) is 11.5 Å². The summed E-state index contributed by atoms with van der Waals surface area (Å²) < 4.78 is 10.6. The Morgan fingerprint density at radius 2 is 1.70 bits per heavy atom. The average molecular weight is 318 g/mol. The highest BCUT2D eigenvalue weighted by atomic mass is 16.7. The molecule has 2 aliphatic rings. The summed E-state index contributed by atoms with van der Waals surface area (Å²) in [6.45, 7) is 4.78. The lowest BCUT2D eigenvalue weighted by atomic mass is 10.1. The van der Waals surface area contributed by atoms with E-state index in [2.05, 4.69) is 0 Å². The van der Waals surface area contributed by atoms with Crippen LogP contribution < -0.4 is 9.47 Å². The van der Waals surface area contributed by atoms with Crippen molar-refractivity contribution >= 4 is 11.8 Å². The molecule has 1 saturated heterocycles. The minimum absolute atomic E-state index is 0.0923. The average Bonchev–Trinajstić information content (AvgIpc) is 2.88. The number of carbonyl (C=O) groups is 2. The first-order valence-electron chi connectivity index (χ1n) is 8.11. The lowest BCUT2D eigenvalue weighted by Gasteiger charge is -2.22. The van der Waals surface area contributed by atoms with Gasteiger partial charge in [0.25, 0.3) is 0 Å². The fourth-order valence-electron chi connectivity index (χ4n) is 2.98. The molecule has 2 aliphatic heterocycles. The first-order valence-corrected chi connectivity index (χ1v) is 8.11. The molecular weight excluding hydrogens is 296 g/mol. The molecule has 2 heterocycles. The standard InChI is InChI=1S/C17H22N2O4/c1-2-16(20)18-6-3-7-19(9-8-18)17(21)11-13-4-5-14-15(10-13)23-12-22-14/h4-5,10H,2-3,6-9,11-12H2,1H3. The predicted octanol–water partition coefficient (Wildman–Crippen LogP) is 1.43. The van der Waals surface area contributed by atoms with E-state index < -0.39 is 0 Å². The largest absolute Gasteiger partial charge is 0.454 e. The highest BCUT2D eigenvalue weighted by Gasteiger charge is 2.22. The van der Waals surface area contributed by atoms with E-state index in [1.807, 2.05) is 34.9 Å². The molecule has 0 radical (unpaired) electrons. The number of nitrogens with zero attached hydrogens (tertiary/aromatic N) is 2. The second kappa shape index (κ2) is 6.89. The Labute approximate surface area is 136 Å². The lowest BCUT2D eigenvalue weighted by Crippen LogP contribution is -2.37. The van der Waals surface area contributed by atoms with Gasteiger partial charge in [-0.15, -0.1) is 0 Å². The molecule has 124 valence electrons. The van der Waals surface area contributed by atoms with Crippen molar-refractivity contribution in [1.29, 1.82) is 0 Å². The van der Waals surface area contributed by atoms with Gasteiger partial charge in [0.2, 0.25) is 18.6 Å². The van der Waals surface area contributed by atoms with E-state index in [9.17, 15) is 9.59 Å². The summed E-state index contributed by atoms with van der Waals surface area (Å²) in [4.78, 5) is 28.0. The number of rotatable bonds is 3. The van der Waals surface area contributed by atoms with Gasteiger partial charge in [-0.1, -0.05) is 13.0 Å². The van der Waals surface area contributed by atoms with Crippen LogP contribution >= 0.6 is 0 Å². The van der Waals surface area contributed by atoms with Crippen LogP contribution in [0, 0.1) is 0 Å². The Morgan fingerprint density at radius 1 is 1.00 bits per heavy atom. The molecule has 1 aromatic rings. The maximum Gasteiger partial charge on any atom is 0.231 e. The van der Waals surface area contributed by atoms with Gasteiger partial charge in [-0.3, -0.25) is 9.59 Å². The quantitative estimate of drug-likeness (QED) is 0.846. The Kier molecular flexibility index (Phi) is 4.69. The van der Waals surface area contributed by atoms with Crippen LogP contribution in [0.1, 0.15) is 25.3 Å². The van der Waals surface area contributed by atoms with E-state index in [0.29, 0.717) is 38.2 Å². The summed E-state index contributed by atoms with van der Waals surface area (Å²) in [5.74, 6) is 1.68. The number of ether oxygens (including phenoxy) is 2. The van der Waals surface area contributed by atoms with Gasteiger partial charge in [0.1, 0.15) is 0 Å². The molecule has 1 aromatic carbocycles. The molecule has 6 heteroatoms. The third-order valence-corrected chi connectivity index (χ3v) is 4.30. The smallest absolute Gasteiger partial charge is 0.231 e. The summed E-state index contributed by atoms with van der Waals surface area (Å²) in [5, 5.41) is 0. The number of hydrogen-bond acceptors (Lipinski definition) is 4. The molecule has 23 heavy (non-hydrogen) atoms. The summed E-state index contributed by atoms with van der Waals surface area (Å²) in [6, 6.07) is 5.61. The number of hydrogen-bond donors (Lipinski definition) is 0. The molecule has 0 aromatic heterocycles. The number of benzene rings is 1. The Bertz CT molecular complexity index is 602. The van der Waals surface area contributed by atoms with Crippen molar-refractivity contribution in [3.8, 4) is 11.5 Å². The fraction of sp³-hybridized carbons (Fsp3) is 0.529. The molecule has 2 amide bonds. The van der Waals surface area contributed by atoms with Crippen LogP contribution in [0.25, 0.3) is 0 Å². The lowest BCUT2D eigenvalue weighted by molar-refractivity contribution is -0.133. The van der Waals surface area contributed by atoms with Crippen LogP contribution in [0.5, 0.6) is 11.5 Å². The molecular formula is C17H22N2O4. The van der Waals surface area contributed by atoms with Crippen molar-refractivity contribution in [2.45, 2.75) is 26.2 Å². The van der Waals surface area contributed by atoms with Crippen molar-refractivity contribution < 1.29 is 19.1 Å². The molecule has 0 atom stereocenters. The second-order valence-electron chi connectivity index (χ2n) is 5.83. The van der Waals surface area contributed by atoms with E-state index in [1.165, 1.54) is 0 Å². The molecule has 0 saturated carbocycles. The monoisotopic (exact) mass is 318 g/mol. The van der Waals surface area contributed by atoms with Gasteiger partial charge < -0.3 is 19.3 Å². The predicted molar refractivity (Wildman–Crippen MR) is 84.3 cm³/mol. The highest BCUT2D eigenvalue weighted by molar-refractivity contribution is 5.79. The highest BCUT2D eigenvalue weighted by Crippen LogP contribution is 2.32. The van der Waals surface area contributed by atoms with Crippen molar-refractivity contribution in [1.82, 2.24) is 9.80 Å². The van der Waals surface area contributed by atoms with Gasteiger partial charge in [-0.05, 0) is 24.1 Å². The zero-order valence-corrected chi connectivity index (χ0v) is 13.4. The zero-order valence-electron chi connectivity index (χ0n) is 13.4. The summed E-state index contributed by atoms with van der Waals surface area (Å²) >= 11 is 0. The third-order valence-electron chi connectivity index (χ3n) is 4.30. The Hall–Kier alpha value is -2.24. The van der Waals surface area contributed by atoms with Gasteiger partial charge in [-0.2, -0.15) is 0 Å².